The maximum absolute atomic E-state index is 12.6. The summed E-state index contributed by atoms with van der Waals surface area (Å²) in [5, 5.41) is 15.5. The number of carbonyl (C=O) groups is 1. The second-order valence-electron chi connectivity index (χ2n) is 8.18. The lowest BCUT2D eigenvalue weighted by Gasteiger charge is -2.48. The van der Waals surface area contributed by atoms with Crippen molar-refractivity contribution in [2.24, 2.45) is 0 Å². The molecule has 4 rings (SSSR count). The van der Waals surface area contributed by atoms with Crippen molar-refractivity contribution >= 4 is 39.8 Å². The number of ether oxygens (including phenoxy) is 2. The Morgan fingerprint density at radius 3 is 2.66 bits per heavy atom. The van der Waals surface area contributed by atoms with Gasteiger partial charge in [0, 0.05) is 30.9 Å². The van der Waals surface area contributed by atoms with Crippen LogP contribution in [-0.4, -0.2) is 72.3 Å². The number of hydrogen-bond donors (Lipinski definition) is 2. The molecule has 0 radical (unpaired) electrons. The van der Waals surface area contributed by atoms with E-state index < -0.39 is 0 Å². The van der Waals surface area contributed by atoms with Gasteiger partial charge < -0.3 is 20.1 Å². The summed E-state index contributed by atoms with van der Waals surface area (Å²) in [4.78, 5) is 15.1. The number of amides is 1. The predicted octanol–water partition coefficient (Wildman–Crippen LogP) is 3.53. The number of aromatic nitrogens is 2. The molecule has 2 aliphatic rings. The molecule has 174 valence electrons. The van der Waals surface area contributed by atoms with Gasteiger partial charge in [-0.05, 0) is 37.1 Å². The van der Waals surface area contributed by atoms with E-state index in [0.29, 0.717) is 17.4 Å². The van der Waals surface area contributed by atoms with Crippen LogP contribution in [-0.2, 0) is 9.53 Å². The molecule has 10 heteroatoms. The average Bonchev–Trinajstić information content (AvgIpc) is 3.30. The molecule has 2 heterocycles. The largest absolute Gasteiger partial charge is 0.497 e. The van der Waals surface area contributed by atoms with E-state index in [-0.39, 0.29) is 11.4 Å². The van der Waals surface area contributed by atoms with Crippen LogP contribution in [0.15, 0.2) is 28.6 Å². The molecule has 0 bridgehead atoms. The third kappa shape index (κ3) is 6.12. The van der Waals surface area contributed by atoms with Gasteiger partial charge in [0.05, 0.1) is 26.1 Å². The fourth-order valence-corrected chi connectivity index (χ4v) is 6.01. The Labute approximate surface area is 197 Å². The van der Waals surface area contributed by atoms with Gasteiger partial charge >= 0.3 is 0 Å². The lowest BCUT2D eigenvalue weighted by atomic mass is 9.79. The molecule has 1 saturated heterocycles. The third-order valence-electron chi connectivity index (χ3n) is 6.16. The number of carbonyl (C=O) groups excluding carboxylic acids is 1. The predicted molar refractivity (Wildman–Crippen MR) is 128 cm³/mol. The summed E-state index contributed by atoms with van der Waals surface area (Å²) >= 11 is 2.87. The van der Waals surface area contributed by atoms with Gasteiger partial charge in [-0.2, -0.15) is 0 Å². The number of anilines is 2. The summed E-state index contributed by atoms with van der Waals surface area (Å²) in [6, 6.07) is 7.63. The van der Waals surface area contributed by atoms with Crippen molar-refractivity contribution in [3.05, 3.63) is 24.3 Å². The molecule has 0 unspecified atom stereocenters. The van der Waals surface area contributed by atoms with Gasteiger partial charge in [-0.15, -0.1) is 10.2 Å². The Hall–Kier alpha value is -1.88. The Morgan fingerprint density at radius 1 is 1.19 bits per heavy atom. The van der Waals surface area contributed by atoms with E-state index >= 15 is 0 Å². The Kier molecular flexibility index (Phi) is 8.23. The minimum absolute atomic E-state index is 0.0491. The molecule has 0 atom stereocenters. The first-order valence-electron chi connectivity index (χ1n) is 11.1. The molecular formula is C22H31N5O3S2. The second-order valence-corrected chi connectivity index (χ2v) is 10.4. The zero-order chi connectivity index (χ0) is 22.2. The number of nitrogens with one attached hydrogen (secondary N) is 2. The van der Waals surface area contributed by atoms with Crippen molar-refractivity contribution < 1.29 is 14.3 Å². The second kappa shape index (κ2) is 11.3. The van der Waals surface area contributed by atoms with Crippen LogP contribution < -0.4 is 15.4 Å². The van der Waals surface area contributed by atoms with Gasteiger partial charge in [-0.3, -0.25) is 9.69 Å². The summed E-state index contributed by atoms with van der Waals surface area (Å²) in [6.45, 7) is 4.20. The number of hydrogen-bond acceptors (Lipinski definition) is 9. The normalized spacial score (nSPS) is 18.8. The van der Waals surface area contributed by atoms with Crippen LogP contribution in [0.1, 0.15) is 32.1 Å². The molecule has 2 aromatic rings. The van der Waals surface area contributed by atoms with Crippen molar-refractivity contribution in [2.75, 3.05) is 51.0 Å². The quantitative estimate of drug-likeness (QED) is 0.530. The van der Waals surface area contributed by atoms with Crippen LogP contribution in [0.3, 0.4) is 0 Å². The lowest BCUT2D eigenvalue weighted by Crippen LogP contribution is -2.59. The molecule has 2 fully saturated rings. The van der Waals surface area contributed by atoms with Crippen LogP contribution in [0.2, 0.25) is 0 Å². The fourth-order valence-electron chi connectivity index (χ4n) is 4.41. The number of nitrogens with zero attached hydrogens (tertiary/aromatic N) is 3. The summed E-state index contributed by atoms with van der Waals surface area (Å²) < 4.78 is 11.5. The van der Waals surface area contributed by atoms with E-state index in [0.717, 1.165) is 54.9 Å². The van der Waals surface area contributed by atoms with Crippen LogP contribution in [0, 0.1) is 0 Å². The zero-order valence-corrected chi connectivity index (χ0v) is 20.1. The maximum atomic E-state index is 12.6. The van der Waals surface area contributed by atoms with Gasteiger partial charge in [0.15, 0.2) is 4.34 Å². The highest BCUT2D eigenvalue weighted by atomic mass is 32.2. The number of rotatable bonds is 9. The number of thioether (sulfide) groups is 1. The molecule has 1 aromatic carbocycles. The Balaban J connectivity index is 1.25. The van der Waals surface area contributed by atoms with Crippen LogP contribution in [0.4, 0.5) is 10.8 Å². The summed E-state index contributed by atoms with van der Waals surface area (Å²) in [5.74, 6) is 1.20. The van der Waals surface area contributed by atoms with Gasteiger partial charge in [0.25, 0.3) is 0 Å². The summed E-state index contributed by atoms with van der Waals surface area (Å²) in [7, 11) is 1.64. The zero-order valence-electron chi connectivity index (χ0n) is 18.5. The smallest absolute Gasteiger partial charge is 0.230 e. The van der Waals surface area contributed by atoms with Crippen LogP contribution in [0.5, 0.6) is 5.75 Å². The topological polar surface area (TPSA) is 88.6 Å². The number of methoxy groups -OCH3 is 1. The van der Waals surface area contributed by atoms with E-state index in [1.54, 1.807) is 7.11 Å². The fraction of sp³-hybridized carbons (Fsp3) is 0.591. The van der Waals surface area contributed by atoms with E-state index in [4.69, 9.17) is 9.47 Å². The lowest BCUT2D eigenvalue weighted by molar-refractivity contribution is -0.119. The van der Waals surface area contributed by atoms with Gasteiger partial charge in [-0.25, -0.2) is 0 Å². The standard InChI is InChI=1S/C22H31N5O3S2/c1-29-18-7-5-17(6-8-18)24-20-25-26-21(32-20)31-15-19(28)23-16-22(9-3-2-4-10-22)27-11-13-30-14-12-27/h5-8H,2-4,9-16H2,1H3,(H,23,28)(H,24,25). The molecule has 32 heavy (non-hydrogen) atoms. The monoisotopic (exact) mass is 477 g/mol. The minimum Gasteiger partial charge on any atom is -0.497 e. The molecule has 8 nitrogen and oxygen atoms in total. The first kappa shape index (κ1) is 23.3. The van der Waals surface area contributed by atoms with Crippen molar-refractivity contribution in [1.82, 2.24) is 20.4 Å². The van der Waals surface area contributed by atoms with Crippen molar-refractivity contribution in [1.29, 1.82) is 0 Å². The Morgan fingerprint density at radius 2 is 1.94 bits per heavy atom. The molecule has 2 N–H and O–H groups in total. The molecule has 0 spiro atoms. The van der Waals surface area contributed by atoms with Gasteiger partial charge in [0.1, 0.15) is 5.75 Å². The van der Waals surface area contributed by atoms with Gasteiger partial charge in [0.2, 0.25) is 11.0 Å². The van der Waals surface area contributed by atoms with Crippen molar-refractivity contribution in [3.8, 4) is 5.75 Å². The van der Waals surface area contributed by atoms with Crippen molar-refractivity contribution in [2.45, 2.75) is 42.0 Å². The highest BCUT2D eigenvalue weighted by Crippen LogP contribution is 2.34. The van der Waals surface area contributed by atoms with Crippen LogP contribution >= 0.6 is 23.1 Å². The molecule has 1 aliphatic carbocycles. The maximum Gasteiger partial charge on any atom is 0.230 e. The molecule has 1 saturated carbocycles. The highest BCUT2D eigenvalue weighted by Gasteiger charge is 2.38. The molecule has 1 aliphatic heterocycles. The Bertz CT molecular complexity index is 865. The SMILES string of the molecule is COc1ccc(Nc2nnc(SCC(=O)NCC3(N4CCOCC4)CCCCC3)s2)cc1. The van der Waals surface area contributed by atoms with Crippen LogP contribution in [0.25, 0.3) is 0 Å². The van der Waals surface area contributed by atoms with E-state index in [2.05, 4.69) is 25.7 Å². The highest BCUT2D eigenvalue weighted by molar-refractivity contribution is 8.01. The molecular weight excluding hydrogens is 446 g/mol. The summed E-state index contributed by atoms with van der Waals surface area (Å²) in [5.41, 5.74) is 0.998. The molecule has 1 aromatic heterocycles. The first-order valence-corrected chi connectivity index (χ1v) is 12.9. The van der Waals surface area contributed by atoms with E-state index in [1.165, 1.54) is 42.4 Å². The van der Waals surface area contributed by atoms with Crippen molar-refractivity contribution in [3.63, 3.8) is 0 Å². The number of morpholine rings is 1. The first-order chi connectivity index (χ1) is 15.7. The van der Waals surface area contributed by atoms with E-state index in [1.807, 2.05) is 24.3 Å². The number of benzene rings is 1. The third-order valence-corrected chi connectivity index (χ3v) is 8.13. The molecule has 1 amide bonds. The van der Waals surface area contributed by atoms with E-state index in [9.17, 15) is 4.79 Å². The minimum atomic E-state index is 0.0491. The average molecular weight is 478 g/mol. The van der Waals surface area contributed by atoms with Gasteiger partial charge in [-0.1, -0.05) is 42.4 Å². The summed E-state index contributed by atoms with van der Waals surface area (Å²) in [6.07, 6.45) is 6.06.